The molecule has 142 valence electrons. The lowest BCUT2D eigenvalue weighted by atomic mass is 9.87. The molecule has 0 unspecified atom stereocenters. The molecule has 1 aromatic heterocycles. The van der Waals surface area contributed by atoms with Gasteiger partial charge >= 0.3 is 0 Å². The van der Waals surface area contributed by atoms with E-state index >= 15 is 0 Å². The lowest BCUT2D eigenvalue weighted by Crippen LogP contribution is -2.13. The van der Waals surface area contributed by atoms with E-state index in [-0.39, 0.29) is 11.3 Å². The zero-order valence-corrected chi connectivity index (χ0v) is 16.6. The van der Waals surface area contributed by atoms with E-state index in [4.69, 9.17) is 4.74 Å². The van der Waals surface area contributed by atoms with Crippen molar-refractivity contribution in [3.8, 4) is 5.75 Å². The fourth-order valence-corrected chi connectivity index (χ4v) is 3.09. The Morgan fingerprint density at radius 3 is 2.56 bits per heavy atom. The van der Waals surface area contributed by atoms with E-state index in [1.165, 1.54) is 5.56 Å². The van der Waals surface area contributed by atoms with E-state index in [0.29, 0.717) is 19.4 Å². The predicted octanol–water partition coefficient (Wildman–Crippen LogP) is 5.57. The highest BCUT2D eigenvalue weighted by molar-refractivity contribution is 6.01. The predicted molar refractivity (Wildman–Crippen MR) is 112 cm³/mol. The maximum Gasteiger partial charge on any atom is 0.224 e. The standard InChI is InChI=1S/C23H28N2O2/c1-16-15-19-20(24-16)7-5-8-21(19)25-22(26)9-6-14-27-18-12-10-17(11-13-18)23(2,3)4/h5,7-8,10-13,15,24H,6,9,14H2,1-4H3,(H,25,26). The van der Waals surface area contributed by atoms with Gasteiger partial charge in [0.25, 0.3) is 0 Å². The number of aromatic nitrogens is 1. The van der Waals surface area contributed by atoms with Crippen LogP contribution in [0.25, 0.3) is 10.9 Å². The Kier molecular flexibility index (Phi) is 5.54. The SMILES string of the molecule is Cc1cc2c(NC(=O)CCCOc3ccc(C(C)(C)C)cc3)cccc2[nH]1. The number of hydrogen-bond donors (Lipinski definition) is 2. The minimum Gasteiger partial charge on any atom is -0.494 e. The van der Waals surface area contributed by atoms with Crippen molar-refractivity contribution >= 4 is 22.5 Å². The number of anilines is 1. The molecule has 0 saturated heterocycles. The van der Waals surface area contributed by atoms with Gasteiger partial charge in [0.15, 0.2) is 0 Å². The molecule has 0 radical (unpaired) electrons. The van der Waals surface area contributed by atoms with Gasteiger partial charge in [0, 0.05) is 23.0 Å². The van der Waals surface area contributed by atoms with Crippen LogP contribution in [0.3, 0.4) is 0 Å². The molecule has 3 rings (SSSR count). The van der Waals surface area contributed by atoms with Crippen molar-refractivity contribution in [2.45, 2.75) is 46.0 Å². The first-order valence-corrected chi connectivity index (χ1v) is 9.44. The van der Waals surface area contributed by atoms with Crippen LogP contribution >= 0.6 is 0 Å². The summed E-state index contributed by atoms with van der Waals surface area (Å²) < 4.78 is 5.76. The van der Waals surface area contributed by atoms with Crippen LogP contribution in [0.4, 0.5) is 5.69 Å². The van der Waals surface area contributed by atoms with Crippen LogP contribution in [0.2, 0.25) is 0 Å². The van der Waals surface area contributed by atoms with Crippen molar-refractivity contribution in [3.05, 3.63) is 59.8 Å². The van der Waals surface area contributed by atoms with Crippen molar-refractivity contribution < 1.29 is 9.53 Å². The van der Waals surface area contributed by atoms with Crippen molar-refractivity contribution in [1.82, 2.24) is 4.98 Å². The molecule has 27 heavy (non-hydrogen) atoms. The van der Waals surface area contributed by atoms with Gasteiger partial charge in [-0.1, -0.05) is 39.0 Å². The highest BCUT2D eigenvalue weighted by Gasteiger charge is 2.13. The van der Waals surface area contributed by atoms with Gasteiger partial charge in [0.1, 0.15) is 5.75 Å². The second-order valence-corrected chi connectivity index (χ2v) is 7.99. The minimum absolute atomic E-state index is 0.00744. The van der Waals surface area contributed by atoms with E-state index in [1.54, 1.807) is 0 Å². The molecule has 0 aliphatic heterocycles. The molecular formula is C23H28N2O2. The number of hydrogen-bond acceptors (Lipinski definition) is 2. The first kappa shape index (κ1) is 19.0. The molecule has 1 heterocycles. The quantitative estimate of drug-likeness (QED) is 0.562. The summed E-state index contributed by atoms with van der Waals surface area (Å²) in [6, 6.07) is 16.1. The van der Waals surface area contributed by atoms with Crippen LogP contribution in [0.5, 0.6) is 5.75 Å². The third-order valence-electron chi connectivity index (χ3n) is 4.61. The third-order valence-corrected chi connectivity index (χ3v) is 4.61. The second kappa shape index (κ2) is 7.87. The summed E-state index contributed by atoms with van der Waals surface area (Å²) >= 11 is 0. The summed E-state index contributed by atoms with van der Waals surface area (Å²) in [7, 11) is 0. The Labute approximate surface area is 160 Å². The number of rotatable bonds is 6. The summed E-state index contributed by atoms with van der Waals surface area (Å²) in [5.41, 5.74) is 4.38. The van der Waals surface area contributed by atoms with E-state index in [1.807, 2.05) is 37.3 Å². The lowest BCUT2D eigenvalue weighted by Gasteiger charge is -2.19. The molecule has 0 atom stereocenters. The van der Waals surface area contributed by atoms with E-state index < -0.39 is 0 Å². The number of aromatic amines is 1. The maximum atomic E-state index is 12.3. The zero-order chi connectivity index (χ0) is 19.4. The van der Waals surface area contributed by atoms with Gasteiger partial charge in [-0.3, -0.25) is 4.79 Å². The normalized spacial score (nSPS) is 11.6. The summed E-state index contributed by atoms with van der Waals surface area (Å²) in [6.45, 7) is 9.11. The fraction of sp³-hybridized carbons (Fsp3) is 0.348. The summed E-state index contributed by atoms with van der Waals surface area (Å²) in [5.74, 6) is 0.851. The van der Waals surface area contributed by atoms with Gasteiger partial charge in [-0.2, -0.15) is 0 Å². The van der Waals surface area contributed by atoms with Crippen LogP contribution in [0.15, 0.2) is 48.5 Å². The van der Waals surface area contributed by atoms with Gasteiger partial charge < -0.3 is 15.0 Å². The number of carbonyl (C=O) groups excluding carboxylic acids is 1. The van der Waals surface area contributed by atoms with Gasteiger partial charge in [-0.15, -0.1) is 0 Å². The molecule has 3 aromatic rings. The highest BCUT2D eigenvalue weighted by atomic mass is 16.5. The van der Waals surface area contributed by atoms with Crippen LogP contribution in [-0.4, -0.2) is 17.5 Å². The van der Waals surface area contributed by atoms with E-state index in [9.17, 15) is 4.79 Å². The Balaban J connectivity index is 1.47. The minimum atomic E-state index is 0.00744. The summed E-state index contributed by atoms with van der Waals surface area (Å²) in [6.07, 6.45) is 1.11. The topological polar surface area (TPSA) is 54.1 Å². The molecule has 2 N–H and O–H groups in total. The third kappa shape index (κ3) is 4.91. The first-order valence-electron chi connectivity index (χ1n) is 9.44. The van der Waals surface area contributed by atoms with Crippen LogP contribution < -0.4 is 10.1 Å². The molecule has 0 aliphatic rings. The smallest absolute Gasteiger partial charge is 0.224 e. The molecule has 0 bridgehead atoms. The molecule has 0 aliphatic carbocycles. The molecular weight excluding hydrogens is 336 g/mol. The maximum absolute atomic E-state index is 12.3. The molecule has 2 aromatic carbocycles. The number of ether oxygens (including phenoxy) is 1. The second-order valence-electron chi connectivity index (χ2n) is 7.99. The number of aryl methyl sites for hydroxylation is 1. The van der Waals surface area contributed by atoms with Crippen molar-refractivity contribution in [3.63, 3.8) is 0 Å². The van der Waals surface area contributed by atoms with Crippen LogP contribution in [0, 0.1) is 6.92 Å². The number of benzene rings is 2. The lowest BCUT2D eigenvalue weighted by molar-refractivity contribution is -0.116. The monoisotopic (exact) mass is 364 g/mol. The van der Waals surface area contributed by atoms with Gasteiger partial charge in [-0.25, -0.2) is 0 Å². The molecule has 1 amide bonds. The summed E-state index contributed by atoms with van der Waals surface area (Å²) in [4.78, 5) is 15.5. The Bertz CT molecular complexity index is 918. The zero-order valence-electron chi connectivity index (χ0n) is 16.6. The highest BCUT2D eigenvalue weighted by Crippen LogP contribution is 2.25. The summed E-state index contributed by atoms with van der Waals surface area (Å²) in [5, 5.41) is 4.05. The Morgan fingerprint density at radius 1 is 1.11 bits per heavy atom. The van der Waals surface area contributed by atoms with Crippen molar-refractivity contribution in [2.24, 2.45) is 0 Å². The first-order chi connectivity index (χ1) is 12.8. The Morgan fingerprint density at radius 2 is 1.85 bits per heavy atom. The fourth-order valence-electron chi connectivity index (χ4n) is 3.09. The number of amides is 1. The number of nitrogens with one attached hydrogen (secondary N) is 2. The average molecular weight is 364 g/mol. The van der Waals surface area contributed by atoms with Gasteiger partial charge in [-0.05, 0) is 54.7 Å². The van der Waals surface area contributed by atoms with E-state index in [2.05, 4.69) is 49.3 Å². The Hall–Kier alpha value is -2.75. The molecule has 0 saturated carbocycles. The number of fused-ring (bicyclic) bond motifs is 1. The molecule has 0 spiro atoms. The average Bonchev–Trinajstić information content (AvgIpc) is 3.00. The largest absolute Gasteiger partial charge is 0.494 e. The van der Waals surface area contributed by atoms with Crippen molar-refractivity contribution in [2.75, 3.05) is 11.9 Å². The number of H-pyrrole nitrogens is 1. The molecule has 4 nitrogen and oxygen atoms in total. The van der Waals surface area contributed by atoms with Crippen LogP contribution in [-0.2, 0) is 10.2 Å². The van der Waals surface area contributed by atoms with E-state index in [0.717, 1.165) is 28.0 Å². The van der Waals surface area contributed by atoms with Gasteiger partial charge in [0.05, 0.1) is 12.3 Å². The van der Waals surface area contributed by atoms with Crippen molar-refractivity contribution in [1.29, 1.82) is 0 Å². The number of carbonyl (C=O) groups is 1. The van der Waals surface area contributed by atoms with Crippen LogP contribution in [0.1, 0.15) is 44.9 Å². The molecule has 0 fully saturated rings. The molecule has 4 heteroatoms. The van der Waals surface area contributed by atoms with Gasteiger partial charge in [0.2, 0.25) is 5.91 Å².